The van der Waals surface area contributed by atoms with E-state index < -0.39 is 0 Å². The minimum atomic E-state index is 0.577. The van der Waals surface area contributed by atoms with Gasteiger partial charge in [0, 0.05) is 21.5 Å². The number of aromatic nitrogens is 1. The third-order valence-corrected chi connectivity index (χ3v) is 4.68. The lowest BCUT2D eigenvalue weighted by Crippen LogP contribution is -2.05. The Morgan fingerprint density at radius 1 is 1.25 bits per heavy atom. The van der Waals surface area contributed by atoms with Gasteiger partial charge < -0.3 is 4.57 Å². The highest BCUT2D eigenvalue weighted by Crippen LogP contribution is 2.33. The quantitative estimate of drug-likeness (QED) is 0.408. The normalized spacial score (nSPS) is 11.9. The van der Waals surface area contributed by atoms with Gasteiger partial charge in [0.05, 0.1) is 10.7 Å². The maximum Gasteiger partial charge on any atom is 0.166 e. The SMILES string of the molecule is C=C/C=C(\C=C/C)Cn1c(C=O)ccc1Sc1cc(Cl)cc(Cl)c1. The van der Waals surface area contributed by atoms with Crippen molar-refractivity contribution in [2.75, 3.05) is 0 Å². The van der Waals surface area contributed by atoms with E-state index in [0.717, 1.165) is 21.8 Å². The number of aldehydes is 1. The first-order valence-corrected chi connectivity index (χ1v) is 8.87. The van der Waals surface area contributed by atoms with E-state index in [1.165, 1.54) is 11.8 Å². The molecular weight excluding hydrogens is 361 g/mol. The lowest BCUT2D eigenvalue weighted by molar-refractivity contribution is 0.111. The predicted octanol–water partition coefficient (Wildman–Crippen LogP) is 6.45. The van der Waals surface area contributed by atoms with E-state index in [0.29, 0.717) is 22.3 Å². The molecule has 0 unspecified atom stereocenters. The number of rotatable bonds is 7. The summed E-state index contributed by atoms with van der Waals surface area (Å²) in [6, 6.07) is 9.12. The van der Waals surface area contributed by atoms with Crippen molar-refractivity contribution in [1.82, 2.24) is 4.57 Å². The van der Waals surface area contributed by atoms with Crippen LogP contribution in [0.3, 0.4) is 0 Å². The molecule has 2 aromatic rings. The summed E-state index contributed by atoms with van der Waals surface area (Å²) in [5.74, 6) is 0. The summed E-state index contributed by atoms with van der Waals surface area (Å²) in [5.41, 5.74) is 1.67. The summed E-state index contributed by atoms with van der Waals surface area (Å²) in [5, 5.41) is 2.11. The minimum absolute atomic E-state index is 0.577. The summed E-state index contributed by atoms with van der Waals surface area (Å²) in [6.45, 7) is 6.27. The molecule has 0 aliphatic rings. The van der Waals surface area contributed by atoms with Gasteiger partial charge in [-0.2, -0.15) is 0 Å². The van der Waals surface area contributed by atoms with Crippen LogP contribution in [0, 0.1) is 0 Å². The molecule has 0 saturated carbocycles. The fraction of sp³-hybridized carbons (Fsp3) is 0.105. The van der Waals surface area contributed by atoms with Crippen LogP contribution in [0.2, 0.25) is 10.0 Å². The topological polar surface area (TPSA) is 22.0 Å². The number of hydrogen-bond acceptors (Lipinski definition) is 2. The Morgan fingerprint density at radius 2 is 1.96 bits per heavy atom. The van der Waals surface area contributed by atoms with Crippen molar-refractivity contribution in [3.63, 3.8) is 0 Å². The average molecular weight is 378 g/mol. The standard InChI is InChI=1S/C19H17Cl2NOS/c1-3-5-14(6-4-2)12-22-17(13-23)7-8-19(22)24-18-10-15(20)9-16(21)11-18/h3-11,13H,1,12H2,2H3/b6-4-,14-5+. The Hall–Kier alpha value is -1.68. The van der Waals surface area contributed by atoms with Crippen LogP contribution in [0.4, 0.5) is 0 Å². The summed E-state index contributed by atoms with van der Waals surface area (Å²) in [4.78, 5) is 12.3. The molecule has 0 amide bonds. The highest BCUT2D eigenvalue weighted by molar-refractivity contribution is 7.99. The van der Waals surface area contributed by atoms with Gasteiger partial charge in [0.15, 0.2) is 6.29 Å². The predicted molar refractivity (Wildman–Crippen MR) is 103 cm³/mol. The zero-order chi connectivity index (χ0) is 17.5. The molecule has 0 aliphatic carbocycles. The van der Waals surface area contributed by atoms with Crippen molar-refractivity contribution in [3.8, 4) is 0 Å². The van der Waals surface area contributed by atoms with Crippen LogP contribution in [-0.4, -0.2) is 10.9 Å². The smallest absolute Gasteiger partial charge is 0.166 e. The monoisotopic (exact) mass is 377 g/mol. The number of carbonyl (C=O) groups excluding carboxylic acids is 1. The average Bonchev–Trinajstić information content (AvgIpc) is 2.88. The first-order chi connectivity index (χ1) is 11.6. The summed E-state index contributed by atoms with van der Waals surface area (Å²) >= 11 is 13.6. The van der Waals surface area contributed by atoms with E-state index in [-0.39, 0.29) is 0 Å². The lowest BCUT2D eigenvalue weighted by atomic mass is 10.2. The van der Waals surface area contributed by atoms with Gasteiger partial charge in [-0.05, 0) is 42.8 Å². The third-order valence-electron chi connectivity index (χ3n) is 3.21. The van der Waals surface area contributed by atoms with Crippen LogP contribution in [-0.2, 0) is 6.54 Å². The van der Waals surface area contributed by atoms with E-state index in [4.69, 9.17) is 23.2 Å². The molecular formula is C19H17Cl2NOS. The fourth-order valence-corrected chi connectivity index (χ4v) is 3.93. The van der Waals surface area contributed by atoms with Crippen LogP contribution in [0.25, 0.3) is 0 Å². The van der Waals surface area contributed by atoms with Crippen molar-refractivity contribution in [1.29, 1.82) is 0 Å². The van der Waals surface area contributed by atoms with Gasteiger partial charge in [0.1, 0.15) is 0 Å². The van der Waals surface area contributed by atoms with Gasteiger partial charge in [-0.15, -0.1) is 0 Å². The number of hydrogen-bond donors (Lipinski definition) is 0. The Morgan fingerprint density at radius 3 is 2.54 bits per heavy atom. The van der Waals surface area contributed by atoms with Crippen molar-refractivity contribution < 1.29 is 4.79 Å². The maximum atomic E-state index is 11.4. The van der Waals surface area contributed by atoms with Crippen molar-refractivity contribution in [2.24, 2.45) is 0 Å². The molecule has 1 aromatic carbocycles. The molecule has 2 nitrogen and oxygen atoms in total. The fourth-order valence-electron chi connectivity index (χ4n) is 2.24. The third kappa shape index (κ3) is 4.91. The molecule has 0 N–H and O–H groups in total. The Balaban J connectivity index is 2.37. The van der Waals surface area contributed by atoms with Crippen molar-refractivity contribution >= 4 is 41.2 Å². The molecule has 0 radical (unpaired) electrons. The molecule has 0 saturated heterocycles. The number of benzene rings is 1. The summed E-state index contributed by atoms with van der Waals surface area (Å²) in [6.07, 6.45) is 8.49. The first-order valence-electron chi connectivity index (χ1n) is 7.30. The van der Waals surface area contributed by atoms with E-state index in [2.05, 4.69) is 6.58 Å². The van der Waals surface area contributed by atoms with Gasteiger partial charge in [0.2, 0.25) is 0 Å². The lowest BCUT2D eigenvalue weighted by Gasteiger charge is -2.12. The van der Waals surface area contributed by atoms with Crippen LogP contribution in [0.5, 0.6) is 0 Å². The highest BCUT2D eigenvalue weighted by atomic mass is 35.5. The number of carbonyl (C=O) groups is 1. The second kappa shape index (κ2) is 8.97. The van der Waals surface area contributed by atoms with Gasteiger partial charge in [-0.1, -0.05) is 65.8 Å². The maximum absolute atomic E-state index is 11.4. The van der Waals surface area contributed by atoms with Crippen LogP contribution in [0.15, 0.2) is 76.7 Å². The van der Waals surface area contributed by atoms with Gasteiger partial charge in [0.25, 0.3) is 0 Å². The Bertz CT molecular complexity index is 785. The number of allylic oxidation sites excluding steroid dienone is 5. The molecule has 24 heavy (non-hydrogen) atoms. The molecule has 2 rings (SSSR count). The van der Waals surface area contributed by atoms with Crippen molar-refractivity contribution in [2.45, 2.75) is 23.4 Å². The Labute approximate surface area is 156 Å². The van der Waals surface area contributed by atoms with E-state index in [1.54, 1.807) is 12.1 Å². The van der Waals surface area contributed by atoms with Gasteiger partial charge in [-0.3, -0.25) is 4.79 Å². The molecule has 0 aliphatic heterocycles. The zero-order valence-electron chi connectivity index (χ0n) is 13.2. The second-order valence-electron chi connectivity index (χ2n) is 4.98. The highest BCUT2D eigenvalue weighted by Gasteiger charge is 2.11. The number of nitrogens with zero attached hydrogens (tertiary/aromatic N) is 1. The molecule has 124 valence electrons. The molecule has 1 aromatic heterocycles. The summed E-state index contributed by atoms with van der Waals surface area (Å²) < 4.78 is 1.96. The van der Waals surface area contributed by atoms with E-state index >= 15 is 0 Å². The van der Waals surface area contributed by atoms with Crippen LogP contribution in [0.1, 0.15) is 17.4 Å². The largest absolute Gasteiger partial charge is 0.329 e. The van der Waals surface area contributed by atoms with Crippen LogP contribution >= 0.6 is 35.0 Å². The number of halogens is 2. The first kappa shape index (κ1) is 18.7. The van der Waals surface area contributed by atoms with Crippen molar-refractivity contribution in [3.05, 3.63) is 82.5 Å². The molecule has 0 atom stereocenters. The minimum Gasteiger partial charge on any atom is -0.329 e. The molecule has 5 heteroatoms. The zero-order valence-corrected chi connectivity index (χ0v) is 15.5. The molecule has 0 fully saturated rings. The van der Waals surface area contributed by atoms with Gasteiger partial charge in [-0.25, -0.2) is 0 Å². The molecule has 1 heterocycles. The van der Waals surface area contributed by atoms with E-state index in [9.17, 15) is 4.79 Å². The Kier molecular flexibility index (Phi) is 6.98. The van der Waals surface area contributed by atoms with E-state index in [1.807, 2.05) is 54.0 Å². The van der Waals surface area contributed by atoms with Crippen LogP contribution < -0.4 is 0 Å². The van der Waals surface area contributed by atoms with Gasteiger partial charge >= 0.3 is 0 Å². The summed E-state index contributed by atoms with van der Waals surface area (Å²) in [7, 11) is 0. The second-order valence-corrected chi connectivity index (χ2v) is 6.95. The molecule has 0 spiro atoms. The molecule has 0 bridgehead atoms.